The molecule has 0 saturated carbocycles. The van der Waals surface area contributed by atoms with E-state index in [2.05, 4.69) is 0 Å². The quantitative estimate of drug-likeness (QED) is 0.461. The smallest absolute Gasteiger partial charge is 0.372 e. The van der Waals surface area contributed by atoms with E-state index in [1.165, 1.54) is 41.3 Å². The standard InChI is InChI=1S/C18H16F3N3O4/c1-23(2)14-8-7-11(9-15(14)24(27)28)16(25)12-5-3-4-6-13(12)17(26)22-10-18(19,20)21/h3-9H,10H2,1-2H3,(H,22,26). The first-order chi connectivity index (χ1) is 13.0. The molecule has 0 aliphatic heterocycles. The monoisotopic (exact) mass is 395 g/mol. The van der Waals surface area contributed by atoms with Crippen molar-refractivity contribution in [3.63, 3.8) is 0 Å². The highest BCUT2D eigenvalue weighted by Crippen LogP contribution is 2.29. The molecule has 28 heavy (non-hydrogen) atoms. The minimum atomic E-state index is -4.60. The molecule has 2 rings (SSSR count). The summed E-state index contributed by atoms with van der Waals surface area (Å²) in [5.41, 5.74) is -0.508. The summed E-state index contributed by atoms with van der Waals surface area (Å²) < 4.78 is 37.0. The summed E-state index contributed by atoms with van der Waals surface area (Å²) in [6.07, 6.45) is -4.60. The van der Waals surface area contributed by atoms with E-state index in [1.54, 1.807) is 19.4 Å². The van der Waals surface area contributed by atoms with E-state index in [0.717, 1.165) is 6.07 Å². The van der Waals surface area contributed by atoms with Crippen LogP contribution in [0.2, 0.25) is 0 Å². The number of carbonyl (C=O) groups excluding carboxylic acids is 2. The van der Waals surface area contributed by atoms with Gasteiger partial charge in [-0.25, -0.2) is 0 Å². The first-order valence-corrected chi connectivity index (χ1v) is 7.95. The fraction of sp³-hybridized carbons (Fsp3) is 0.222. The van der Waals surface area contributed by atoms with Crippen LogP contribution < -0.4 is 10.2 Å². The summed E-state index contributed by atoms with van der Waals surface area (Å²) in [5.74, 6) is -1.79. The van der Waals surface area contributed by atoms with Crippen LogP contribution in [0.5, 0.6) is 0 Å². The lowest BCUT2D eigenvalue weighted by Crippen LogP contribution is -2.34. The van der Waals surface area contributed by atoms with Crippen LogP contribution in [0.25, 0.3) is 0 Å². The van der Waals surface area contributed by atoms with Gasteiger partial charge in [0.1, 0.15) is 12.2 Å². The van der Waals surface area contributed by atoms with Gasteiger partial charge >= 0.3 is 6.18 Å². The fourth-order valence-corrected chi connectivity index (χ4v) is 2.50. The lowest BCUT2D eigenvalue weighted by atomic mass is 9.97. The SMILES string of the molecule is CN(C)c1ccc(C(=O)c2ccccc2C(=O)NCC(F)(F)F)cc1[N+](=O)[O-]. The van der Waals surface area contributed by atoms with E-state index >= 15 is 0 Å². The average Bonchev–Trinajstić information content (AvgIpc) is 2.64. The third-order valence-electron chi connectivity index (χ3n) is 3.78. The van der Waals surface area contributed by atoms with Crippen LogP contribution in [-0.4, -0.2) is 43.4 Å². The molecule has 2 aromatic rings. The van der Waals surface area contributed by atoms with Gasteiger partial charge in [-0.2, -0.15) is 13.2 Å². The van der Waals surface area contributed by atoms with Crippen molar-refractivity contribution < 1.29 is 27.7 Å². The third-order valence-corrected chi connectivity index (χ3v) is 3.78. The van der Waals surface area contributed by atoms with Crippen molar-refractivity contribution in [3.8, 4) is 0 Å². The normalized spacial score (nSPS) is 11.0. The molecule has 0 saturated heterocycles. The van der Waals surface area contributed by atoms with Crippen LogP contribution in [0.15, 0.2) is 42.5 Å². The van der Waals surface area contributed by atoms with Crippen molar-refractivity contribution in [1.82, 2.24) is 5.32 Å². The maximum absolute atomic E-state index is 12.8. The Labute approximate surface area is 157 Å². The highest BCUT2D eigenvalue weighted by molar-refractivity contribution is 6.15. The van der Waals surface area contributed by atoms with Gasteiger partial charge in [0.2, 0.25) is 0 Å². The van der Waals surface area contributed by atoms with Gasteiger partial charge in [-0.3, -0.25) is 19.7 Å². The van der Waals surface area contributed by atoms with Gasteiger partial charge in [0, 0.05) is 31.3 Å². The van der Waals surface area contributed by atoms with Gasteiger partial charge < -0.3 is 10.2 Å². The molecule has 0 fully saturated rings. The van der Waals surface area contributed by atoms with Crippen LogP contribution in [-0.2, 0) is 0 Å². The van der Waals surface area contributed by atoms with E-state index in [1.807, 2.05) is 0 Å². The Morgan fingerprint density at radius 1 is 1.11 bits per heavy atom. The Kier molecular flexibility index (Phi) is 6.02. The molecule has 0 atom stereocenters. The number of hydrogen-bond donors (Lipinski definition) is 1. The molecule has 0 bridgehead atoms. The molecule has 0 radical (unpaired) electrons. The van der Waals surface area contributed by atoms with Gasteiger partial charge in [-0.15, -0.1) is 0 Å². The molecular weight excluding hydrogens is 379 g/mol. The molecule has 0 aromatic heterocycles. The zero-order valence-corrected chi connectivity index (χ0v) is 14.9. The molecule has 2 aromatic carbocycles. The number of benzene rings is 2. The van der Waals surface area contributed by atoms with Gasteiger partial charge in [0.05, 0.1) is 10.5 Å². The van der Waals surface area contributed by atoms with Crippen LogP contribution in [0, 0.1) is 10.1 Å². The molecule has 0 spiro atoms. The number of nitro groups is 1. The van der Waals surface area contributed by atoms with E-state index in [9.17, 15) is 32.9 Å². The lowest BCUT2D eigenvalue weighted by Gasteiger charge is -2.14. The lowest BCUT2D eigenvalue weighted by molar-refractivity contribution is -0.384. The number of amides is 1. The number of alkyl halides is 3. The van der Waals surface area contributed by atoms with Gasteiger partial charge in [-0.1, -0.05) is 18.2 Å². The molecule has 148 valence electrons. The number of nitro benzene ring substituents is 1. The molecule has 0 heterocycles. The summed E-state index contributed by atoms with van der Waals surface area (Å²) in [6, 6.07) is 9.14. The Balaban J connectivity index is 2.41. The van der Waals surface area contributed by atoms with Gasteiger partial charge in [0.15, 0.2) is 5.78 Å². The van der Waals surface area contributed by atoms with Crippen molar-refractivity contribution >= 4 is 23.1 Å². The zero-order chi connectivity index (χ0) is 21.1. The van der Waals surface area contributed by atoms with Gasteiger partial charge in [-0.05, 0) is 18.2 Å². The van der Waals surface area contributed by atoms with Crippen LogP contribution >= 0.6 is 0 Å². The zero-order valence-electron chi connectivity index (χ0n) is 14.9. The Morgan fingerprint density at radius 2 is 1.71 bits per heavy atom. The average molecular weight is 395 g/mol. The number of nitrogens with one attached hydrogen (secondary N) is 1. The molecular formula is C18H16F3N3O4. The number of carbonyl (C=O) groups is 2. The molecule has 10 heteroatoms. The van der Waals surface area contributed by atoms with E-state index < -0.39 is 29.3 Å². The van der Waals surface area contributed by atoms with E-state index in [-0.39, 0.29) is 28.1 Å². The van der Waals surface area contributed by atoms with Crippen molar-refractivity contribution in [2.75, 3.05) is 25.5 Å². The summed E-state index contributed by atoms with van der Waals surface area (Å²) >= 11 is 0. The summed E-state index contributed by atoms with van der Waals surface area (Å²) in [6.45, 7) is -1.54. The molecule has 7 nitrogen and oxygen atoms in total. The Hall–Kier alpha value is -3.43. The Morgan fingerprint density at radius 3 is 2.25 bits per heavy atom. The maximum Gasteiger partial charge on any atom is 0.405 e. The first-order valence-electron chi connectivity index (χ1n) is 7.95. The molecule has 0 unspecified atom stereocenters. The number of ketones is 1. The second kappa shape index (κ2) is 8.07. The Bertz CT molecular complexity index is 927. The van der Waals surface area contributed by atoms with Crippen LogP contribution in [0.4, 0.5) is 24.5 Å². The van der Waals surface area contributed by atoms with Crippen LogP contribution in [0.1, 0.15) is 26.3 Å². The number of nitrogens with zero attached hydrogens (tertiary/aromatic N) is 2. The van der Waals surface area contributed by atoms with Crippen molar-refractivity contribution in [2.45, 2.75) is 6.18 Å². The summed E-state index contributed by atoms with van der Waals surface area (Å²) in [7, 11) is 3.20. The number of rotatable bonds is 6. The number of halogens is 3. The first kappa shape index (κ1) is 20.9. The molecule has 0 aliphatic carbocycles. The topological polar surface area (TPSA) is 92.6 Å². The number of anilines is 1. The van der Waals surface area contributed by atoms with E-state index in [0.29, 0.717) is 0 Å². The minimum Gasteiger partial charge on any atom is -0.372 e. The highest BCUT2D eigenvalue weighted by Gasteiger charge is 2.29. The second-order valence-corrected chi connectivity index (χ2v) is 6.03. The van der Waals surface area contributed by atoms with Crippen molar-refractivity contribution in [2.24, 2.45) is 0 Å². The van der Waals surface area contributed by atoms with Gasteiger partial charge in [0.25, 0.3) is 11.6 Å². The van der Waals surface area contributed by atoms with Crippen molar-refractivity contribution in [3.05, 3.63) is 69.3 Å². The van der Waals surface area contributed by atoms with Crippen LogP contribution in [0.3, 0.4) is 0 Å². The minimum absolute atomic E-state index is 0.0617. The molecule has 0 aliphatic rings. The van der Waals surface area contributed by atoms with Crippen molar-refractivity contribution in [1.29, 1.82) is 0 Å². The second-order valence-electron chi connectivity index (χ2n) is 6.03. The predicted molar refractivity (Wildman–Crippen MR) is 95.7 cm³/mol. The molecule has 1 amide bonds. The maximum atomic E-state index is 12.8. The fourth-order valence-electron chi connectivity index (χ4n) is 2.50. The van der Waals surface area contributed by atoms with E-state index in [4.69, 9.17) is 0 Å². The molecule has 1 N–H and O–H groups in total. The predicted octanol–water partition coefficient (Wildman–Crippen LogP) is 3.18. The number of hydrogen-bond acceptors (Lipinski definition) is 5. The third kappa shape index (κ3) is 4.84. The summed E-state index contributed by atoms with van der Waals surface area (Å²) in [4.78, 5) is 37.0. The largest absolute Gasteiger partial charge is 0.405 e. The summed E-state index contributed by atoms with van der Waals surface area (Å²) in [5, 5.41) is 13.0. The highest BCUT2D eigenvalue weighted by atomic mass is 19.4.